The molecule has 0 atom stereocenters. The van der Waals surface area contributed by atoms with E-state index in [1.165, 1.54) is 0 Å². The molecular formula is C17H19ClN2O2. The standard InChI is InChI=1S/C17H19ClN2O2/c1-17(2,13-4-3-9-19-12-13)16(21)20-10-11-22-15-7-5-14(18)6-8-15/h3-9,12H,10-11H2,1-2H3,(H,20,21). The molecule has 0 bridgehead atoms. The number of carbonyl (C=O) groups is 1. The number of nitrogens with zero attached hydrogens (tertiary/aromatic N) is 1. The molecule has 2 aromatic rings. The zero-order chi connectivity index (χ0) is 16.0. The molecule has 4 nitrogen and oxygen atoms in total. The van der Waals surface area contributed by atoms with Gasteiger partial charge in [0.15, 0.2) is 0 Å². The molecule has 0 aliphatic carbocycles. The van der Waals surface area contributed by atoms with E-state index in [0.717, 1.165) is 11.3 Å². The van der Waals surface area contributed by atoms with Crippen molar-refractivity contribution in [2.75, 3.05) is 13.2 Å². The smallest absolute Gasteiger partial charge is 0.230 e. The molecule has 1 heterocycles. The van der Waals surface area contributed by atoms with E-state index < -0.39 is 5.41 Å². The molecule has 0 aliphatic rings. The van der Waals surface area contributed by atoms with Crippen LogP contribution in [0.5, 0.6) is 5.75 Å². The summed E-state index contributed by atoms with van der Waals surface area (Å²) in [6.07, 6.45) is 3.40. The Balaban J connectivity index is 1.81. The number of halogens is 1. The van der Waals surface area contributed by atoms with Crippen molar-refractivity contribution in [1.29, 1.82) is 0 Å². The maximum atomic E-state index is 12.3. The zero-order valence-corrected chi connectivity index (χ0v) is 13.4. The first-order valence-electron chi connectivity index (χ1n) is 7.07. The number of benzene rings is 1. The van der Waals surface area contributed by atoms with E-state index in [-0.39, 0.29) is 5.91 Å². The Morgan fingerprint density at radius 2 is 2.00 bits per heavy atom. The van der Waals surface area contributed by atoms with E-state index in [2.05, 4.69) is 10.3 Å². The molecule has 0 spiro atoms. The lowest BCUT2D eigenvalue weighted by molar-refractivity contribution is -0.125. The minimum atomic E-state index is -0.630. The summed E-state index contributed by atoms with van der Waals surface area (Å²) in [6.45, 7) is 4.58. The normalized spacial score (nSPS) is 11.0. The summed E-state index contributed by atoms with van der Waals surface area (Å²) in [5.41, 5.74) is 0.250. The molecule has 1 aromatic heterocycles. The van der Waals surface area contributed by atoms with Gasteiger partial charge in [0.05, 0.1) is 12.0 Å². The van der Waals surface area contributed by atoms with E-state index in [1.54, 1.807) is 36.7 Å². The Labute approximate surface area is 135 Å². The minimum Gasteiger partial charge on any atom is -0.492 e. The number of ether oxygens (including phenoxy) is 1. The van der Waals surface area contributed by atoms with E-state index in [9.17, 15) is 4.79 Å². The van der Waals surface area contributed by atoms with Crippen LogP contribution in [0, 0.1) is 0 Å². The maximum absolute atomic E-state index is 12.3. The van der Waals surface area contributed by atoms with Gasteiger partial charge in [-0.2, -0.15) is 0 Å². The quantitative estimate of drug-likeness (QED) is 0.832. The van der Waals surface area contributed by atoms with Crippen LogP contribution < -0.4 is 10.1 Å². The second kappa shape index (κ2) is 7.27. The monoisotopic (exact) mass is 318 g/mol. The van der Waals surface area contributed by atoms with Crippen LogP contribution in [0.1, 0.15) is 19.4 Å². The van der Waals surface area contributed by atoms with Gasteiger partial charge >= 0.3 is 0 Å². The third kappa shape index (κ3) is 4.21. The zero-order valence-electron chi connectivity index (χ0n) is 12.7. The number of hydrogen-bond donors (Lipinski definition) is 1. The van der Waals surface area contributed by atoms with Crippen molar-refractivity contribution in [1.82, 2.24) is 10.3 Å². The molecule has 1 amide bonds. The van der Waals surface area contributed by atoms with Crippen LogP contribution in [0.2, 0.25) is 5.02 Å². The first kappa shape index (κ1) is 16.3. The molecular weight excluding hydrogens is 300 g/mol. The predicted octanol–water partition coefficient (Wildman–Crippen LogP) is 3.21. The topological polar surface area (TPSA) is 51.2 Å². The molecule has 0 aliphatic heterocycles. The van der Waals surface area contributed by atoms with Crippen LogP contribution in [0.4, 0.5) is 0 Å². The average Bonchev–Trinajstić information content (AvgIpc) is 2.54. The number of aromatic nitrogens is 1. The van der Waals surface area contributed by atoms with E-state index >= 15 is 0 Å². The summed E-state index contributed by atoms with van der Waals surface area (Å²) in [5, 5.41) is 3.55. The Morgan fingerprint density at radius 1 is 1.27 bits per heavy atom. The number of rotatable bonds is 6. The largest absolute Gasteiger partial charge is 0.492 e. The van der Waals surface area contributed by atoms with E-state index in [0.29, 0.717) is 18.2 Å². The second-order valence-electron chi connectivity index (χ2n) is 5.42. The van der Waals surface area contributed by atoms with E-state index in [4.69, 9.17) is 16.3 Å². The lowest BCUT2D eigenvalue weighted by Gasteiger charge is -2.23. The third-order valence-corrected chi connectivity index (χ3v) is 3.67. The summed E-state index contributed by atoms with van der Waals surface area (Å²) in [7, 11) is 0. The van der Waals surface area contributed by atoms with Gasteiger partial charge in [-0.1, -0.05) is 17.7 Å². The van der Waals surface area contributed by atoms with Gasteiger partial charge in [0.25, 0.3) is 0 Å². The van der Waals surface area contributed by atoms with Crippen molar-refractivity contribution in [3.8, 4) is 5.75 Å². The molecule has 5 heteroatoms. The van der Waals surface area contributed by atoms with Gasteiger partial charge in [0.1, 0.15) is 12.4 Å². The van der Waals surface area contributed by atoms with Crippen LogP contribution in [0.3, 0.4) is 0 Å². The summed E-state index contributed by atoms with van der Waals surface area (Å²) >= 11 is 5.81. The van der Waals surface area contributed by atoms with Gasteiger partial charge in [-0.15, -0.1) is 0 Å². The average molecular weight is 319 g/mol. The summed E-state index contributed by atoms with van der Waals surface area (Å²) < 4.78 is 5.54. The van der Waals surface area contributed by atoms with Crippen molar-refractivity contribution in [3.63, 3.8) is 0 Å². The lowest BCUT2D eigenvalue weighted by atomic mass is 9.85. The number of hydrogen-bond acceptors (Lipinski definition) is 3. The van der Waals surface area contributed by atoms with Crippen LogP contribution in [0.15, 0.2) is 48.8 Å². The van der Waals surface area contributed by atoms with Crippen LogP contribution in [-0.2, 0) is 10.2 Å². The molecule has 0 unspecified atom stereocenters. The van der Waals surface area contributed by atoms with Gasteiger partial charge in [0, 0.05) is 17.4 Å². The van der Waals surface area contributed by atoms with Gasteiger partial charge in [0.2, 0.25) is 5.91 Å². The molecule has 0 saturated carbocycles. The van der Waals surface area contributed by atoms with E-state index in [1.807, 2.05) is 26.0 Å². The fraction of sp³-hybridized carbons (Fsp3) is 0.294. The Kier molecular flexibility index (Phi) is 5.39. The molecule has 22 heavy (non-hydrogen) atoms. The summed E-state index contributed by atoms with van der Waals surface area (Å²) in [4.78, 5) is 16.4. The Morgan fingerprint density at radius 3 is 2.64 bits per heavy atom. The highest BCUT2D eigenvalue weighted by atomic mass is 35.5. The molecule has 0 saturated heterocycles. The Hall–Kier alpha value is -2.07. The fourth-order valence-electron chi connectivity index (χ4n) is 1.95. The molecule has 116 valence electrons. The Bertz CT molecular complexity index is 612. The first-order chi connectivity index (χ1) is 10.5. The van der Waals surface area contributed by atoms with Crippen molar-refractivity contribution in [3.05, 3.63) is 59.4 Å². The molecule has 1 aromatic carbocycles. The highest BCUT2D eigenvalue weighted by Gasteiger charge is 2.29. The lowest BCUT2D eigenvalue weighted by Crippen LogP contribution is -2.41. The molecule has 0 fully saturated rings. The molecule has 0 radical (unpaired) electrons. The van der Waals surface area contributed by atoms with Gasteiger partial charge in [-0.05, 0) is 49.7 Å². The van der Waals surface area contributed by atoms with Crippen molar-refractivity contribution in [2.24, 2.45) is 0 Å². The second-order valence-corrected chi connectivity index (χ2v) is 5.86. The third-order valence-electron chi connectivity index (χ3n) is 3.42. The maximum Gasteiger partial charge on any atom is 0.230 e. The fourth-order valence-corrected chi connectivity index (χ4v) is 2.07. The van der Waals surface area contributed by atoms with Gasteiger partial charge in [-0.3, -0.25) is 9.78 Å². The first-order valence-corrected chi connectivity index (χ1v) is 7.45. The molecule has 1 N–H and O–H groups in total. The summed E-state index contributed by atoms with van der Waals surface area (Å²) in [6, 6.07) is 10.8. The summed E-state index contributed by atoms with van der Waals surface area (Å²) in [5.74, 6) is 0.672. The number of nitrogens with one attached hydrogen (secondary N) is 1. The molecule has 2 rings (SSSR count). The van der Waals surface area contributed by atoms with Crippen LogP contribution in [0.25, 0.3) is 0 Å². The number of carbonyl (C=O) groups excluding carboxylic acids is 1. The minimum absolute atomic E-state index is 0.0554. The number of pyridine rings is 1. The van der Waals surface area contributed by atoms with Crippen LogP contribution >= 0.6 is 11.6 Å². The van der Waals surface area contributed by atoms with Crippen LogP contribution in [-0.4, -0.2) is 24.0 Å². The highest BCUT2D eigenvalue weighted by molar-refractivity contribution is 6.30. The number of amides is 1. The van der Waals surface area contributed by atoms with Crippen molar-refractivity contribution < 1.29 is 9.53 Å². The SMILES string of the molecule is CC(C)(C(=O)NCCOc1ccc(Cl)cc1)c1cccnc1. The predicted molar refractivity (Wildman–Crippen MR) is 87.2 cm³/mol. The van der Waals surface area contributed by atoms with Gasteiger partial charge < -0.3 is 10.1 Å². The van der Waals surface area contributed by atoms with Gasteiger partial charge in [-0.25, -0.2) is 0 Å². The van der Waals surface area contributed by atoms with Crippen molar-refractivity contribution in [2.45, 2.75) is 19.3 Å². The highest BCUT2D eigenvalue weighted by Crippen LogP contribution is 2.22. The van der Waals surface area contributed by atoms with Crippen molar-refractivity contribution >= 4 is 17.5 Å².